The highest BCUT2D eigenvalue weighted by Crippen LogP contribution is 2.42. The Morgan fingerprint density at radius 3 is 3.07 bits per heavy atom. The number of thioether (sulfide) groups is 1. The number of hydrogen-bond donors (Lipinski definition) is 0. The molecule has 2 heterocycles. The second-order valence-corrected chi connectivity index (χ2v) is 6.36. The van der Waals surface area contributed by atoms with Gasteiger partial charge < -0.3 is 0 Å². The molecular weight excluding hydrogens is 240 g/mol. The Hall–Kier alpha value is -0.250. The van der Waals surface area contributed by atoms with Gasteiger partial charge in [-0.05, 0) is 36.6 Å². The largest absolute Gasteiger partial charge is 0.142 e. The summed E-state index contributed by atoms with van der Waals surface area (Å²) < 4.78 is 2.92. The number of fused-ring (bicyclic) bond motifs is 1. The van der Waals surface area contributed by atoms with Crippen LogP contribution in [0.5, 0.6) is 0 Å². The minimum atomic E-state index is 1.22. The molecule has 0 atom stereocenters. The van der Waals surface area contributed by atoms with Crippen molar-refractivity contribution in [1.82, 2.24) is 0 Å². The highest BCUT2D eigenvalue weighted by atomic mass is 32.2. The molecule has 2 rings (SSSR count). The van der Waals surface area contributed by atoms with Crippen LogP contribution >= 0.6 is 34.4 Å². The van der Waals surface area contributed by atoms with E-state index in [0.29, 0.717) is 0 Å². The molecule has 0 N–H and O–H groups in total. The Bertz CT molecular complexity index is 462. The molecule has 0 amide bonds. The van der Waals surface area contributed by atoms with E-state index in [1.807, 2.05) is 34.4 Å². The summed E-state index contributed by atoms with van der Waals surface area (Å²) in [6.07, 6.45) is 5.60. The molecule has 2 aromatic rings. The van der Waals surface area contributed by atoms with E-state index in [2.05, 4.69) is 37.4 Å². The quantitative estimate of drug-likeness (QED) is 0.649. The van der Waals surface area contributed by atoms with Gasteiger partial charge in [0.25, 0.3) is 0 Å². The topological polar surface area (TPSA) is 0 Å². The second-order valence-electron chi connectivity index (χ2n) is 3.26. The second kappa shape index (κ2) is 5.19. The first-order chi connectivity index (χ1) is 7.36. The van der Waals surface area contributed by atoms with E-state index < -0.39 is 0 Å². The monoisotopic (exact) mass is 254 g/mol. The van der Waals surface area contributed by atoms with E-state index in [0.717, 1.165) is 0 Å². The van der Waals surface area contributed by atoms with E-state index in [1.54, 1.807) is 0 Å². The molecule has 0 aliphatic carbocycles. The summed E-state index contributed by atoms with van der Waals surface area (Å²) in [7, 11) is 0. The Kier molecular flexibility index (Phi) is 3.89. The van der Waals surface area contributed by atoms with Gasteiger partial charge in [-0.15, -0.1) is 34.4 Å². The smallest absolute Gasteiger partial charge is 0.0592 e. The zero-order chi connectivity index (χ0) is 10.7. The maximum Gasteiger partial charge on any atom is 0.0592 e. The van der Waals surface area contributed by atoms with Crippen LogP contribution in [0.4, 0.5) is 0 Å². The van der Waals surface area contributed by atoms with Crippen molar-refractivity contribution in [2.75, 3.05) is 5.75 Å². The normalized spacial score (nSPS) is 11.9. The molecule has 0 aliphatic rings. The highest BCUT2D eigenvalue weighted by molar-refractivity contribution is 7.99. The molecule has 0 nitrogen and oxygen atoms in total. The lowest BCUT2D eigenvalue weighted by molar-refractivity contribution is 1.11. The third-order valence-electron chi connectivity index (χ3n) is 2.05. The zero-order valence-electron chi connectivity index (χ0n) is 8.95. The van der Waals surface area contributed by atoms with Crippen molar-refractivity contribution in [2.24, 2.45) is 0 Å². The predicted molar refractivity (Wildman–Crippen MR) is 75.4 cm³/mol. The van der Waals surface area contributed by atoms with E-state index in [1.165, 1.54) is 31.3 Å². The summed E-state index contributed by atoms with van der Waals surface area (Å²) in [6, 6.07) is 2.23. The van der Waals surface area contributed by atoms with Crippen molar-refractivity contribution >= 4 is 49.9 Å². The van der Waals surface area contributed by atoms with E-state index in [-0.39, 0.29) is 0 Å². The van der Waals surface area contributed by atoms with Crippen molar-refractivity contribution < 1.29 is 0 Å². The van der Waals surface area contributed by atoms with Gasteiger partial charge in [-0.25, -0.2) is 0 Å². The molecule has 0 bridgehead atoms. The lowest BCUT2D eigenvalue weighted by atomic mass is 10.4. The fourth-order valence-electron chi connectivity index (χ4n) is 1.42. The van der Waals surface area contributed by atoms with Crippen molar-refractivity contribution in [1.29, 1.82) is 0 Å². The Morgan fingerprint density at radius 2 is 2.33 bits per heavy atom. The summed E-state index contributed by atoms with van der Waals surface area (Å²) in [4.78, 5) is 2.92. The lowest BCUT2D eigenvalue weighted by Gasteiger charge is -1.98. The van der Waals surface area contributed by atoms with Crippen LogP contribution in [0, 0.1) is 0 Å². The van der Waals surface area contributed by atoms with Crippen molar-refractivity contribution in [3.63, 3.8) is 0 Å². The molecule has 0 spiro atoms. The fourth-order valence-corrected chi connectivity index (χ4v) is 5.10. The maximum absolute atomic E-state index is 2.24. The van der Waals surface area contributed by atoms with Crippen LogP contribution in [0.1, 0.15) is 25.1 Å². The zero-order valence-corrected chi connectivity index (χ0v) is 11.4. The summed E-state index contributed by atoms with van der Waals surface area (Å²) in [5.74, 6) is 1.22. The molecule has 0 unspecified atom stereocenters. The van der Waals surface area contributed by atoms with Gasteiger partial charge in [0.05, 0.1) is 4.70 Å². The molecule has 0 saturated heterocycles. The van der Waals surface area contributed by atoms with Gasteiger partial charge in [-0.2, -0.15) is 0 Å². The Balaban J connectivity index is 2.43. The number of allylic oxidation sites excluding steroid dienone is 1. The van der Waals surface area contributed by atoms with Gasteiger partial charge in [0, 0.05) is 14.5 Å². The lowest BCUT2D eigenvalue weighted by Crippen LogP contribution is -1.75. The molecule has 3 heteroatoms. The maximum atomic E-state index is 2.24. The van der Waals surface area contributed by atoms with Gasteiger partial charge in [-0.3, -0.25) is 0 Å². The molecular formula is C12H14S3. The molecule has 0 saturated carbocycles. The minimum Gasteiger partial charge on any atom is -0.142 e. The average molecular weight is 254 g/mol. The first kappa shape index (κ1) is 11.2. The SMILES string of the molecule is CC=Cc1sc2ccsc2c1SCCC. The Labute approximate surface area is 103 Å². The summed E-state index contributed by atoms with van der Waals surface area (Å²) in [6.45, 7) is 4.32. The van der Waals surface area contributed by atoms with Gasteiger partial charge in [0.2, 0.25) is 0 Å². The van der Waals surface area contributed by atoms with Crippen LogP contribution in [-0.4, -0.2) is 5.75 Å². The summed E-state index contributed by atoms with van der Waals surface area (Å²) >= 11 is 5.77. The van der Waals surface area contributed by atoms with Gasteiger partial charge in [0.15, 0.2) is 0 Å². The van der Waals surface area contributed by atoms with Crippen LogP contribution < -0.4 is 0 Å². The molecule has 80 valence electrons. The third-order valence-corrected chi connectivity index (χ3v) is 5.81. The van der Waals surface area contributed by atoms with Crippen LogP contribution in [0.15, 0.2) is 22.4 Å². The number of hydrogen-bond acceptors (Lipinski definition) is 3. The van der Waals surface area contributed by atoms with E-state index in [4.69, 9.17) is 0 Å². The summed E-state index contributed by atoms with van der Waals surface area (Å²) in [5, 5.41) is 2.19. The van der Waals surface area contributed by atoms with Crippen molar-refractivity contribution in [3.8, 4) is 0 Å². The molecule has 2 aromatic heterocycles. The molecule has 0 radical (unpaired) electrons. The molecule has 0 aromatic carbocycles. The van der Waals surface area contributed by atoms with Gasteiger partial charge in [0.1, 0.15) is 0 Å². The third kappa shape index (κ3) is 2.30. The van der Waals surface area contributed by atoms with E-state index >= 15 is 0 Å². The first-order valence-electron chi connectivity index (χ1n) is 5.12. The summed E-state index contributed by atoms with van der Waals surface area (Å²) in [5.41, 5.74) is 0. The highest BCUT2D eigenvalue weighted by Gasteiger charge is 2.11. The van der Waals surface area contributed by atoms with E-state index in [9.17, 15) is 0 Å². The fraction of sp³-hybridized carbons (Fsp3) is 0.333. The van der Waals surface area contributed by atoms with Crippen LogP contribution in [-0.2, 0) is 0 Å². The average Bonchev–Trinajstić information content (AvgIpc) is 2.77. The van der Waals surface area contributed by atoms with Crippen molar-refractivity contribution in [2.45, 2.75) is 25.2 Å². The molecule has 0 fully saturated rings. The van der Waals surface area contributed by atoms with Crippen molar-refractivity contribution in [3.05, 3.63) is 22.4 Å². The Morgan fingerprint density at radius 1 is 1.47 bits per heavy atom. The van der Waals surface area contributed by atoms with Gasteiger partial charge in [-0.1, -0.05) is 13.0 Å². The standard InChI is InChI=1S/C12H14S3/c1-3-5-9-11(13-7-4-2)12-10(15-9)6-8-14-12/h3,5-6,8H,4,7H2,1-2H3. The molecule has 0 aliphatic heterocycles. The minimum absolute atomic E-state index is 1.22. The van der Waals surface area contributed by atoms with Crippen LogP contribution in [0.3, 0.4) is 0 Å². The molecule has 15 heavy (non-hydrogen) atoms. The predicted octanol–water partition coefficient (Wildman–Crippen LogP) is 5.50. The van der Waals surface area contributed by atoms with Gasteiger partial charge >= 0.3 is 0 Å². The number of thiophene rings is 2. The first-order valence-corrected chi connectivity index (χ1v) is 7.80. The number of rotatable bonds is 4. The van der Waals surface area contributed by atoms with Crippen LogP contribution in [0.2, 0.25) is 0 Å². The van der Waals surface area contributed by atoms with Crippen LogP contribution in [0.25, 0.3) is 15.5 Å².